The summed E-state index contributed by atoms with van der Waals surface area (Å²) in [6, 6.07) is 9.92. The molecule has 1 N–H and O–H groups in total. The number of nitrogens with zero attached hydrogens (tertiary/aromatic N) is 4. The molecule has 11 heteroatoms. The molecular formula is C22H26FN5O4S. The second-order valence-corrected chi connectivity index (χ2v) is 8.94. The number of anilines is 1. The fourth-order valence-electron chi connectivity index (χ4n) is 3.25. The van der Waals surface area contributed by atoms with E-state index >= 15 is 0 Å². The van der Waals surface area contributed by atoms with E-state index in [1.165, 1.54) is 51.5 Å². The van der Waals surface area contributed by atoms with E-state index in [0.717, 1.165) is 0 Å². The number of ether oxygens (including phenoxy) is 1. The highest BCUT2D eigenvalue weighted by atomic mass is 32.2. The highest BCUT2D eigenvalue weighted by molar-refractivity contribution is 7.89. The van der Waals surface area contributed by atoms with E-state index in [9.17, 15) is 17.6 Å². The molecule has 0 saturated carbocycles. The average molecular weight is 476 g/mol. The van der Waals surface area contributed by atoms with Crippen LogP contribution in [0.3, 0.4) is 0 Å². The van der Waals surface area contributed by atoms with Crippen molar-refractivity contribution in [2.75, 3.05) is 25.0 Å². The van der Waals surface area contributed by atoms with Gasteiger partial charge in [0.1, 0.15) is 17.4 Å². The summed E-state index contributed by atoms with van der Waals surface area (Å²) in [5.74, 6) is -0.417. The molecule has 1 amide bonds. The molecule has 3 aromatic rings. The van der Waals surface area contributed by atoms with Crippen LogP contribution in [0, 0.1) is 12.7 Å². The number of hydrogen-bond donors (Lipinski definition) is 1. The molecule has 176 valence electrons. The molecule has 1 aromatic heterocycles. The van der Waals surface area contributed by atoms with Gasteiger partial charge in [-0.25, -0.2) is 22.5 Å². The molecule has 0 saturated heterocycles. The van der Waals surface area contributed by atoms with Gasteiger partial charge in [0, 0.05) is 13.1 Å². The lowest BCUT2D eigenvalue weighted by molar-refractivity contribution is 0.101. The standard InChI is InChI=1S/C22H26FN5O4S/c1-5-27(6-2)33(30,31)18-12-13-20(32-7-3)19(14-18)25-22(29)21-24-15(4)28(26-21)17-10-8-16(23)9-11-17/h8-14H,5-7H2,1-4H3,(H,25,29). The zero-order valence-electron chi connectivity index (χ0n) is 18.9. The van der Waals surface area contributed by atoms with Crippen LogP contribution in [0.4, 0.5) is 10.1 Å². The summed E-state index contributed by atoms with van der Waals surface area (Å²) < 4.78 is 47.4. The molecule has 0 unspecified atom stereocenters. The molecule has 0 bridgehead atoms. The van der Waals surface area contributed by atoms with Crippen molar-refractivity contribution in [3.05, 3.63) is 59.9 Å². The maximum Gasteiger partial charge on any atom is 0.295 e. The van der Waals surface area contributed by atoms with Crippen molar-refractivity contribution >= 4 is 21.6 Å². The van der Waals surface area contributed by atoms with Gasteiger partial charge in [0.25, 0.3) is 5.91 Å². The van der Waals surface area contributed by atoms with Gasteiger partial charge < -0.3 is 10.1 Å². The first-order chi connectivity index (χ1) is 15.7. The minimum atomic E-state index is -3.74. The van der Waals surface area contributed by atoms with Crippen LogP contribution >= 0.6 is 0 Å². The third-order valence-corrected chi connectivity index (χ3v) is 6.93. The Morgan fingerprint density at radius 2 is 1.79 bits per heavy atom. The zero-order valence-corrected chi connectivity index (χ0v) is 19.7. The summed E-state index contributed by atoms with van der Waals surface area (Å²) in [6.07, 6.45) is 0. The maximum absolute atomic E-state index is 13.2. The Morgan fingerprint density at radius 1 is 1.12 bits per heavy atom. The summed E-state index contributed by atoms with van der Waals surface area (Å²) in [5, 5.41) is 6.87. The number of nitrogens with one attached hydrogen (secondary N) is 1. The lowest BCUT2D eigenvalue weighted by Crippen LogP contribution is -2.30. The molecule has 2 aromatic carbocycles. The predicted octanol–water partition coefficient (Wildman–Crippen LogP) is 3.40. The van der Waals surface area contributed by atoms with E-state index < -0.39 is 21.7 Å². The van der Waals surface area contributed by atoms with Crippen LogP contribution < -0.4 is 10.1 Å². The fourth-order valence-corrected chi connectivity index (χ4v) is 4.74. The second kappa shape index (κ2) is 10.1. The van der Waals surface area contributed by atoms with Crippen molar-refractivity contribution < 1.29 is 22.3 Å². The molecular weight excluding hydrogens is 449 g/mol. The highest BCUT2D eigenvalue weighted by Crippen LogP contribution is 2.29. The lowest BCUT2D eigenvalue weighted by Gasteiger charge is -2.19. The van der Waals surface area contributed by atoms with Crippen molar-refractivity contribution in [1.29, 1.82) is 0 Å². The Morgan fingerprint density at radius 3 is 2.39 bits per heavy atom. The number of amides is 1. The number of halogens is 1. The topological polar surface area (TPSA) is 106 Å². The van der Waals surface area contributed by atoms with Gasteiger partial charge in [-0.2, -0.15) is 4.31 Å². The normalized spacial score (nSPS) is 11.6. The van der Waals surface area contributed by atoms with Gasteiger partial charge in [0.15, 0.2) is 0 Å². The van der Waals surface area contributed by atoms with Crippen LogP contribution in [-0.4, -0.2) is 53.1 Å². The molecule has 0 spiro atoms. The van der Waals surface area contributed by atoms with Crippen LogP contribution in [0.25, 0.3) is 5.69 Å². The molecule has 0 atom stereocenters. The van der Waals surface area contributed by atoms with E-state index in [1.807, 2.05) is 0 Å². The SMILES string of the molecule is CCOc1ccc(S(=O)(=O)N(CC)CC)cc1NC(=O)c1nc(C)n(-c2ccc(F)cc2)n1. The van der Waals surface area contributed by atoms with Gasteiger partial charge in [0.05, 0.1) is 22.9 Å². The molecule has 0 fully saturated rings. The van der Waals surface area contributed by atoms with E-state index in [2.05, 4.69) is 15.4 Å². The predicted molar refractivity (Wildman–Crippen MR) is 122 cm³/mol. The molecule has 33 heavy (non-hydrogen) atoms. The molecule has 9 nitrogen and oxygen atoms in total. The van der Waals surface area contributed by atoms with Gasteiger partial charge in [-0.3, -0.25) is 4.79 Å². The van der Waals surface area contributed by atoms with Crippen LogP contribution in [0.2, 0.25) is 0 Å². The summed E-state index contributed by atoms with van der Waals surface area (Å²) in [6.45, 7) is 7.90. The molecule has 0 radical (unpaired) electrons. The second-order valence-electron chi connectivity index (χ2n) is 7.01. The fraction of sp³-hybridized carbons (Fsp3) is 0.318. The Hall–Kier alpha value is -3.31. The van der Waals surface area contributed by atoms with Crippen LogP contribution in [-0.2, 0) is 10.0 Å². The molecule has 0 aliphatic heterocycles. The smallest absolute Gasteiger partial charge is 0.295 e. The minimum absolute atomic E-state index is 0.0333. The number of rotatable bonds is 9. The Bertz CT molecular complexity index is 1240. The zero-order chi connectivity index (χ0) is 24.2. The van der Waals surface area contributed by atoms with Crippen LogP contribution in [0.15, 0.2) is 47.4 Å². The number of benzene rings is 2. The summed E-state index contributed by atoms with van der Waals surface area (Å²) in [7, 11) is -3.74. The summed E-state index contributed by atoms with van der Waals surface area (Å²) in [5.41, 5.74) is 0.730. The monoisotopic (exact) mass is 475 g/mol. The molecule has 0 aliphatic rings. The number of hydrogen-bond acceptors (Lipinski definition) is 6. The van der Waals surface area contributed by atoms with E-state index in [1.54, 1.807) is 27.7 Å². The average Bonchev–Trinajstić information content (AvgIpc) is 3.18. The Balaban J connectivity index is 1.94. The van der Waals surface area contributed by atoms with Gasteiger partial charge in [-0.1, -0.05) is 13.8 Å². The van der Waals surface area contributed by atoms with Gasteiger partial charge >= 0.3 is 0 Å². The Kier molecular flexibility index (Phi) is 7.44. The quantitative estimate of drug-likeness (QED) is 0.508. The van der Waals surface area contributed by atoms with Crippen molar-refractivity contribution in [2.24, 2.45) is 0 Å². The van der Waals surface area contributed by atoms with Crippen molar-refractivity contribution in [1.82, 2.24) is 19.1 Å². The van der Waals surface area contributed by atoms with E-state index in [0.29, 0.717) is 37.0 Å². The first-order valence-electron chi connectivity index (χ1n) is 10.5. The van der Waals surface area contributed by atoms with Crippen LogP contribution in [0.1, 0.15) is 37.2 Å². The largest absolute Gasteiger partial charge is 0.492 e. The highest BCUT2D eigenvalue weighted by Gasteiger charge is 2.24. The maximum atomic E-state index is 13.2. The van der Waals surface area contributed by atoms with Crippen LogP contribution in [0.5, 0.6) is 5.75 Å². The number of carbonyl (C=O) groups excluding carboxylic acids is 1. The van der Waals surface area contributed by atoms with Crippen molar-refractivity contribution in [2.45, 2.75) is 32.6 Å². The molecule has 1 heterocycles. The lowest BCUT2D eigenvalue weighted by atomic mass is 10.3. The first-order valence-corrected chi connectivity index (χ1v) is 11.9. The minimum Gasteiger partial charge on any atom is -0.492 e. The number of aryl methyl sites for hydroxylation is 1. The molecule has 0 aliphatic carbocycles. The first kappa shape index (κ1) is 24.3. The van der Waals surface area contributed by atoms with Gasteiger partial charge in [-0.05, 0) is 56.3 Å². The van der Waals surface area contributed by atoms with E-state index in [-0.39, 0.29) is 16.4 Å². The number of sulfonamides is 1. The summed E-state index contributed by atoms with van der Waals surface area (Å²) >= 11 is 0. The van der Waals surface area contributed by atoms with Gasteiger partial charge in [0.2, 0.25) is 15.8 Å². The molecule has 3 rings (SSSR count). The van der Waals surface area contributed by atoms with E-state index in [4.69, 9.17) is 4.74 Å². The van der Waals surface area contributed by atoms with Crippen molar-refractivity contribution in [3.8, 4) is 11.4 Å². The number of carbonyl (C=O) groups is 1. The Labute approximate surface area is 192 Å². The summed E-state index contributed by atoms with van der Waals surface area (Å²) in [4.78, 5) is 17.1. The van der Waals surface area contributed by atoms with Crippen molar-refractivity contribution in [3.63, 3.8) is 0 Å². The third-order valence-electron chi connectivity index (χ3n) is 4.89. The van der Waals surface area contributed by atoms with Gasteiger partial charge in [-0.15, -0.1) is 5.10 Å². The number of aromatic nitrogens is 3. The third kappa shape index (κ3) is 5.20.